The van der Waals surface area contributed by atoms with Crippen LogP contribution >= 0.6 is 11.5 Å². The molecule has 1 aromatic heterocycles. The van der Waals surface area contributed by atoms with Gasteiger partial charge in [0.25, 0.3) is 5.91 Å². The molecule has 0 unspecified atom stereocenters. The summed E-state index contributed by atoms with van der Waals surface area (Å²) in [4.78, 5) is 12.3. The normalized spacial score (nSPS) is 10.2. The van der Waals surface area contributed by atoms with Crippen LogP contribution in [0.25, 0.3) is 0 Å². The predicted octanol–water partition coefficient (Wildman–Crippen LogP) is 1.99. The molecule has 0 spiro atoms. The van der Waals surface area contributed by atoms with Crippen LogP contribution in [-0.4, -0.2) is 15.5 Å². The van der Waals surface area contributed by atoms with Gasteiger partial charge in [0, 0.05) is 0 Å². The van der Waals surface area contributed by atoms with E-state index in [4.69, 9.17) is 5.73 Å². The van der Waals surface area contributed by atoms with Crippen LogP contribution < -0.4 is 11.1 Å². The largest absolute Gasteiger partial charge is 0.397 e. The summed E-state index contributed by atoms with van der Waals surface area (Å²) in [5.41, 5.74) is 9.11. The third-order valence-corrected chi connectivity index (χ3v) is 3.26. The van der Waals surface area contributed by atoms with Gasteiger partial charge in [-0.25, -0.2) is 0 Å². The summed E-state index contributed by atoms with van der Waals surface area (Å²) in [6.07, 6.45) is 1.43. The van der Waals surface area contributed by atoms with E-state index in [1.165, 1.54) is 6.20 Å². The molecular formula is C11H12N4OS. The lowest BCUT2D eigenvalue weighted by Gasteiger charge is -2.12. The highest BCUT2D eigenvalue weighted by Gasteiger charge is 2.12. The van der Waals surface area contributed by atoms with Crippen LogP contribution in [0.2, 0.25) is 0 Å². The number of nitrogens with two attached hydrogens (primary N) is 1. The molecule has 1 amide bonds. The second kappa shape index (κ2) is 4.50. The Kier molecular flexibility index (Phi) is 3.06. The molecule has 0 aliphatic rings. The molecule has 0 saturated heterocycles. The molecule has 0 aliphatic carbocycles. The summed E-state index contributed by atoms with van der Waals surface area (Å²) in [5.74, 6) is -0.236. The van der Waals surface area contributed by atoms with Crippen LogP contribution in [0.5, 0.6) is 0 Å². The fourth-order valence-electron chi connectivity index (χ4n) is 1.45. The van der Waals surface area contributed by atoms with E-state index in [9.17, 15) is 4.79 Å². The van der Waals surface area contributed by atoms with Gasteiger partial charge in [0.05, 0.1) is 17.6 Å². The molecule has 5 nitrogen and oxygen atoms in total. The second-order valence-electron chi connectivity index (χ2n) is 3.71. The lowest BCUT2D eigenvalue weighted by atomic mass is 10.1. The Labute approximate surface area is 103 Å². The lowest BCUT2D eigenvalue weighted by molar-refractivity contribution is 0.103. The molecule has 0 atom stereocenters. The van der Waals surface area contributed by atoms with Gasteiger partial charge in [0.1, 0.15) is 4.88 Å². The van der Waals surface area contributed by atoms with Crippen molar-refractivity contribution in [3.8, 4) is 0 Å². The first-order valence-electron chi connectivity index (χ1n) is 5.04. The van der Waals surface area contributed by atoms with Crippen molar-refractivity contribution in [1.82, 2.24) is 9.59 Å². The minimum absolute atomic E-state index is 0.236. The van der Waals surface area contributed by atoms with E-state index in [0.717, 1.165) is 22.7 Å². The van der Waals surface area contributed by atoms with E-state index in [1.807, 2.05) is 19.9 Å². The minimum Gasteiger partial charge on any atom is -0.397 e. The molecule has 2 aromatic rings. The maximum absolute atomic E-state index is 11.9. The first kappa shape index (κ1) is 11.5. The van der Waals surface area contributed by atoms with Crippen LogP contribution in [0.15, 0.2) is 18.3 Å². The number of nitrogens with zero attached hydrogens (tertiary/aromatic N) is 2. The molecule has 3 N–H and O–H groups in total. The van der Waals surface area contributed by atoms with Crippen molar-refractivity contribution in [3.05, 3.63) is 34.3 Å². The third kappa shape index (κ3) is 2.26. The van der Waals surface area contributed by atoms with Gasteiger partial charge in [-0.3, -0.25) is 4.79 Å². The topological polar surface area (TPSA) is 80.9 Å². The van der Waals surface area contributed by atoms with Gasteiger partial charge in [0.2, 0.25) is 0 Å². The smallest absolute Gasteiger partial charge is 0.269 e. The summed E-state index contributed by atoms with van der Waals surface area (Å²) >= 11 is 1.05. The summed E-state index contributed by atoms with van der Waals surface area (Å²) in [6, 6.07) is 3.71. The van der Waals surface area contributed by atoms with Crippen molar-refractivity contribution in [2.24, 2.45) is 0 Å². The maximum Gasteiger partial charge on any atom is 0.269 e. The zero-order valence-corrected chi connectivity index (χ0v) is 10.3. The highest BCUT2D eigenvalue weighted by molar-refractivity contribution is 7.07. The number of benzene rings is 1. The number of carbonyl (C=O) groups is 1. The standard InChI is InChI=1S/C11H12N4OS/c1-6-3-4-8(12)10(7(6)2)14-11(16)9-5-13-15-17-9/h3-5H,12H2,1-2H3,(H,14,16). The van der Waals surface area contributed by atoms with Crippen molar-refractivity contribution in [3.63, 3.8) is 0 Å². The van der Waals surface area contributed by atoms with E-state index in [2.05, 4.69) is 14.9 Å². The molecule has 17 heavy (non-hydrogen) atoms. The monoisotopic (exact) mass is 248 g/mol. The number of nitrogens with one attached hydrogen (secondary N) is 1. The molecule has 6 heteroatoms. The zero-order chi connectivity index (χ0) is 12.4. The predicted molar refractivity (Wildman–Crippen MR) is 68.2 cm³/mol. The van der Waals surface area contributed by atoms with E-state index in [1.54, 1.807) is 6.07 Å². The Bertz CT molecular complexity index is 551. The Morgan fingerprint density at radius 1 is 1.41 bits per heavy atom. The van der Waals surface area contributed by atoms with Gasteiger partial charge in [0.15, 0.2) is 0 Å². The average Bonchev–Trinajstić information content (AvgIpc) is 2.83. The summed E-state index contributed by atoms with van der Waals surface area (Å²) < 4.78 is 3.65. The fourth-order valence-corrected chi connectivity index (χ4v) is 1.86. The minimum atomic E-state index is -0.236. The highest BCUT2D eigenvalue weighted by atomic mass is 32.1. The number of anilines is 2. The Morgan fingerprint density at radius 3 is 2.82 bits per heavy atom. The van der Waals surface area contributed by atoms with Gasteiger partial charge >= 0.3 is 0 Å². The number of carbonyl (C=O) groups excluding carboxylic acids is 1. The van der Waals surface area contributed by atoms with Crippen LogP contribution in [-0.2, 0) is 0 Å². The van der Waals surface area contributed by atoms with E-state index < -0.39 is 0 Å². The first-order chi connectivity index (χ1) is 8.09. The van der Waals surface area contributed by atoms with Crippen LogP contribution in [0.1, 0.15) is 20.8 Å². The zero-order valence-electron chi connectivity index (χ0n) is 9.52. The number of amides is 1. The molecule has 2 rings (SSSR count). The summed E-state index contributed by atoms with van der Waals surface area (Å²) in [6.45, 7) is 3.89. The molecule has 0 fully saturated rings. The maximum atomic E-state index is 11.9. The molecular weight excluding hydrogens is 236 g/mol. The van der Waals surface area contributed by atoms with Crippen LogP contribution in [0, 0.1) is 13.8 Å². The molecule has 1 aromatic carbocycles. The van der Waals surface area contributed by atoms with Crippen LogP contribution in [0.4, 0.5) is 11.4 Å². The Hall–Kier alpha value is -1.95. The third-order valence-electron chi connectivity index (χ3n) is 2.59. The van der Waals surface area contributed by atoms with Gasteiger partial charge in [-0.1, -0.05) is 10.6 Å². The molecule has 0 aliphatic heterocycles. The summed E-state index contributed by atoms with van der Waals surface area (Å²) in [7, 11) is 0. The van der Waals surface area contributed by atoms with Crippen molar-refractivity contribution < 1.29 is 4.79 Å². The highest BCUT2D eigenvalue weighted by Crippen LogP contribution is 2.26. The molecule has 0 bridgehead atoms. The number of aryl methyl sites for hydroxylation is 1. The van der Waals surface area contributed by atoms with E-state index in [-0.39, 0.29) is 5.91 Å². The molecule has 88 valence electrons. The Morgan fingerprint density at radius 2 is 2.18 bits per heavy atom. The fraction of sp³-hybridized carbons (Fsp3) is 0.182. The van der Waals surface area contributed by atoms with Crippen molar-refractivity contribution in [2.45, 2.75) is 13.8 Å². The molecule has 0 saturated carbocycles. The number of nitrogen functional groups attached to an aromatic ring is 1. The number of aromatic nitrogens is 2. The summed E-state index contributed by atoms with van der Waals surface area (Å²) in [5, 5.41) is 6.41. The van der Waals surface area contributed by atoms with Crippen molar-refractivity contribution >= 4 is 28.8 Å². The quantitative estimate of drug-likeness (QED) is 0.796. The van der Waals surface area contributed by atoms with Gasteiger partial charge in [-0.15, -0.1) is 5.10 Å². The van der Waals surface area contributed by atoms with E-state index >= 15 is 0 Å². The average molecular weight is 248 g/mol. The second-order valence-corrected chi connectivity index (χ2v) is 4.49. The van der Waals surface area contributed by atoms with Gasteiger partial charge in [-0.2, -0.15) is 0 Å². The first-order valence-corrected chi connectivity index (χ1v) is 5.81. The SMILES string of the molecule is Cc1ccc(N)c(NC(=O)c2cnns2)c1C. The van der Waals surface area contributed by atoms with Gasteiger partial charge < -0.3 is 11.1 Å². The van der Waals surface area contributed by atoms with Crippen molar-refractivity contribution in [2.75, 3.05) is 11.1 Å². The van der Waals surface area contributed by atoms with Crippen molar-refractivity contribution in [1.29, 1.82) is 0 Å². The molecule has 0 radical (unpaired) electrons. The number of hydrogen-bond acceptors (Lipinski definition) is 5. The van der Waals surface area contributed by atoms with Crippen LogP contribution in [0.3, 0.4) is 0 Å². The van der Waals surface area contributed by atoms with Gasteiger partial charge in [-0.05, 0) is 42.6 Å². The number of rotatable bonds is 2. The molecule has 1 heterocycles. The number of hydrogen-bond donors (Lipinski definition) is 2. The Balaban J connectivity index is 2.31. The van der Waals surface area contributed by atoms with E-state index in [0.29, 0.717) is 16.3 Å². The lowest BCUT2D eigenvalue weighted by Crippen LogP contribution is -2.13.